The molecule has 0 aliphatic rings. The molecule has 1 aromatic rings. The van der Waals surface area contributed by atoms with Crippen molar-refractivity contribution in [2.45, 2.75) is 27.2 Å². The van der Waals surface area contributed by atoms with Crippen LogP contribution in [-0.4, -0.2) is 18.1 Å². The molecule has 0 aromatic carbocycles. The SMILES string of the molecule is CCNCC(C)Cc1c(C)ccnc1N. The number of hydrogen-bond donors (Lipinski definition) is 2. The van der Waals surface area contributed by atoms with Crippen LogP contribution in [-0.2, 0) is 6.42 Å². The number of nitrogens with zero attached hydrogens (tertiary/aromatic N) is 1. The highest BCUT2D eigenvalue weighted by Crippen LogP contribution is 2.17. The summed E-state index contributed by atoms with van der Waals surface area (Å²) in [6.07, 6.45) is 2.77. The molecule has 0 spiro atoms. The number of nitrogens with one attached hydrogen (secondary N) is 1. The summed E-state index contributed by atoms with van der Waals surface area (Å²) in [5, 5.41) is 3.35. The van der Waals surface area contributed by atoms with E-state index in [1.807, 2.05) is 6.07 Å². The van der Waals surface area contributed by atoms with E-state index in [1.165, 1.54) is 11.1 Å². The minimum atomic E-state index is 0.593. The van der Waals surface area contributed by atoms with Gasteiger partial charge >= 0.3 is 0 Å². The Balaban J connectivity index is 2.63. The molecule has 1 heterocycles. The monoisotopic (exact) mass is 207 g/mol. The second-order valence-corrected chi connectivity index (χ2v) is 4.11. The summed E-state index contributed by atoms with van der Waals surface area (Å²) >= 11 is 0. The van der Waals surface area contributed by atoms with E-state index in [4.69, 9.17) is 5.73 Å². The highest BCUT2D eigenvalue weighted by atomic mass is 14.8. The van der Waals surface area contributed by atoms with Crippen LogP contribution >= 0.6 is 0 Å². The third-order valence-electron chi connectivity index (χ3n) is 2.62. The molecule has 0 saturated heterocycles. The zero-order valence-electron chi connectivity index (χ0n) is 9.88. The van der Waals surface area contributed by atoms with E-state index >= 15 is 0 Å². The fourth-order valence-corrected chi connectivity index (χ4v) is 1.69. The summed E-state index contributed by atoms with van der Waals surface area (Å²) in [4.78, 5) is 4.13. The molecule has 1 rings (SSSR count). The van der Waals surface area contributed by atoms with Crippen LogP contribution in [0.2, 0.25) is 0 Å². The van der Waals surface area contributed by atoms with Crippen LogP contribution in [0.3, 0.4) is 0 Å². The lowest BCUT2D eigenvalue weighted by Crippen LogP contribution is -2.22. The van der Waals surface area contributed by atoms with Crippen LogP contribution < -0.4 is 11.1 Å². The first-order valence-corrected chi connectivity index (χ1v) is 5.55. The molecular weight excluding hydrogens is 186 g/mol. The number of anilines is 1. The molecule has 15 heavy (non-hydrogen) atoms. The zero-order chi connectivity index (χ0) is 11.3. The molecule has 0 saturated carbocycles. The van der Waals surface area contributed by atoms with Crippen LogP contribution in [0.25, 0.3) is 0 Å². The van der Waals surface area contributed by atoms with Gasteiger partial charge in [-0.25, -0.2) is 4.98 Å². The molecule has 84 valence electrons. The Hall–Kier alpha value is -1.09. The molecule has 0 amide bonds. The third-order valence-corrected chi connectivity index (χ3v) is 2.62. The van der Waals surface area contributed by atoms with Crippen molar-refractivity contribution in [2.75, 3.05) is 18.8 Å². The maximum absolute atomic E-state index is 5.87. The van der Waals surface area contributed by atoms with Crippen LogP contribution in [0.5, 0.6) is 0 Å². The van der Waals surface area contributed by atoms with Crippen molar-refractivity contribution >= 4 is 5.82 Å². The second-order valence-electron chi connectivity index (χ2n) is 4.11. The lowest BCUT2D eigenvalue weighted by molar-refractivity contribution is 0.520. The maximum Gasteiger partial charge on any atom is 0.126 e. The first kappa shape index (κ1) is 12.0. The maximum atomic E-state index is 5.87. The number of aromatic nitrogens is 1. The van der Waals surface area contributed by atoms with Gasteiger partial charge in [-0.2, -0.15) is 0 Å². The molecule has 0 radical (unpaired) electrons. The standard InChI is InChI=1S/C12H21N3/c1-4-14-8-9(2)7-11-10(3)5-6-15-12(11)13/h5-6,9,14H,4,7-8H2,1-3H3,(H2,13,15). The van der Waals surface area contributed by atoms with Crippen molar-refractivity contribution in [3.63, 3.8) is 0 Å². The Morgan fingerprint density at radius 2 is 2.27 bits per heavy atom. The Bertz CT molecular complexity index is 289. The molecular formula is C12H21N3. The summed E-state index contributed by atoms with van der Waals surface area (Å²) < 4.78 is 0. The predicted molar refractivity (Wildman–Crippen MR) is 64.8 cm³/mol. The number of aryl methyl sites for hydroxylation is 1. The van der Waals surface area contributed by atoms with Crippen molar-refractivity contribution in [1.29, 1.82) is 0 Å². The normalized spacial score (nSPS) is 12.7. The highest BCUT2D eigenvalue weighted by Gasteiger charge is 2.08. The first-order chi connectivity index (χ1) is 7.15. The molecule has 1 unspecified atom stereocenters. The molecule has 0 aliphatic heterocycles. The molecule has 0 fully saturated rings. The van der Waals surface area contributed by atoms with Crippen LogP contribution in [0.15, 0.2) is 12.3 Å². The van der Waals surface area contributed by atoms with Gasteiger partial charge < -0.3 is 11.1 Å². The molecule has 1 atom stereocenters. The smallest absolute Gasteiger partial charge is 0.126 e. The van der Waals surface area contributed by atoms with Gasteiger partial charge in [0.05, 0.1) is 0 Å². The average Bonchev–Trinajstić information content (AvgIpc) is 2.21. The van der Waals surface area contributed by atoms with Gasteiger partial charge in [0.15, 0.2) is 0 Å². The number of nitrogen functional groups attached to an aromatic ring is 1. The fourth-order valence-electron chi connectivity index (χ4n) is 1.69. The minimum absolute atomic E-state index is 0.593. The van der Waals surface area contributed by atoms with Gasteiger partial charge in [0, 0.05) is 6.20 Å². The van der Waals surface area contributed by atoms with E-state index in [0.29, 0.717) is 11.7 Å². The Kier molecular flexibility index (Phi) is 4.56. The Labute approximate surface area is 92.1 Å². The van der Waals surface area contributed by atoms with Crippen molar-refractivity contribution in [3.8, 4) is 0 Å². The lowest BCUT2D eigenvalue weighted by atomic mass is 9.98. The van der Waals surface area contributed by atoms with E-state index < -0.39 is 0 Å². The van der Waals surface area contributed by atoms with Gasteiger partial charge in [-0.15, -0.1) is 0 Å². The molecule has 0 bridgehead atoms. The van der Waals surface area contributed by atoms with E-state index in [-0.39, 0.29) is 0 Å². The average molecular weight is 207 g/mol. The van der Waals surface area contributed by atoms with Crippen LogP contribution in [0.4, 0.5) is 5.82 Å². The Morgan fingerprint density at radius 1 is 1.53 bits per heavy atom. The summed E-state index contributed by atoms with van der Waals surface area (Å²) in [7, 11) is 0. The van der Waals surface area contributed by atoms with Crippen LogP contribution in [0.1, 0.15) is 25.0 Å². The second kappa shape index (κ2) is 5.71. The van der Waals surface area contributed by atoms with Gasteiger partial charge in [0.2, 0.25) is 0 Å². The van der Waals surface area contributed by atoms with Crippen molar-refractivity contribution < 1.29 is 0 Å². The summed E-state index contributed by atoms with van der Waals surface area (Å²) in [6, 6.07) is 2.02. The topological polar surface area (TPSA) is 50.9 Å². The van der Waals surface area contributed by atoms with Gasteiger partial charge in [-0.05, 0) is 49.5 Å². The van der Waals surface area contributed by atoms with Gasteiger partial charge in [0.25, 0.3) is 0 Å². The van der Waals surface area contributed by atoms with Gasteiger partial charge in [0.1, 0.15) is 5.82 Å². The number of rotatable bonds is 5. The summed E-state index contributed by atoms with van der Waals surface area (Å²) in [5.41, 5.74) is 8.31. The zero-order valence-corrected chi connectivity index (χ0v) is 9.88. The largest absolute Gasteiger partial charge is 0.383 e. The molecule has 3 nitrogen and oxygen atoms in total. The lowest BCUT2D eigenvalue weighted by Gasteiger charge is -2.14. The quantitative estimate of drug-likeness (QED) is 0.773. The highest BCUT2D eigenvalue weighted by molar-refractivity contribution is 5.43. The van der Waals surface area contributed by atoms with Crippen LogP contribution in [0, 0.1) is 12.8 Å². The fraction of sp³-hybridized carbons (Fsp3) is 0.583. The third kappa shape index (κ3) is 3.51. The Morgan fingerprint density at radius 3 is 2.87 bits per heavy atom. The van der Waals surface area contributed by atoms with Crippen molar-refractivity contribution in [3.05, 3.63) is 23.4 Å². The van der Waals surface area contributed by atoms with E-state index in [9.17, 15) is 0 Å². The molecule has 3 N–H and O–H groups in total. The number of pyridine rings is 1. The van der Waals surface area contributed by atoms with Gasteiger partial charge in [-0.1, -0.05) is 13.8 Å². The summed E-state index contributed by atoms with van der Waals surface area (Å²) in [6.45, 7) is 8.49. The molecule has 0 aliphatic carbocycles. The molecule has 1 aromatic heterocycles. The van der Waals surface area contributed by atoms with Crippen molar-refractivity contribution in [2.24, 2.45) is 5.92 Å². The van der Waals surface area contributed by atoms with Gasteiger partial charge in [-0.3, -0.25) is 0 Å². The number of hydrogen-bond acceptors (Lipinski definition) is 3. The summed E-state index contributed by atoms with van der Waals surface area (Å²) in [5.74, 6) is 1.27. The first-order valence-electron chi connectivity index (χ1n) is 5.55. The molecule has 3 heteroatoms. The minimum Gasteiger partial charge on any atom is -0.383 e. The van der Waals surface area contributed by atoms with Crippen molar-refractivity contribution in [1.82, 2.24) is 10.3 Å². The predicted octanol–water partition coefficient (Wildman–Crippen LogP) is 1.76. The van der Waals surface area contributed by atoms with E-state index in [2.05, 4.69) is 31.1 Å². The van der Waals surface area contributed by atoms with E-state index in [0.717, 1.165) is 19.5 Å². The van der Waals surface area contributed by atoms with E-state index in [1.54, 1.807) is 6.20 Å². The number of nitrogens with two attached hydrogens (primary N) is 1.